The average molecular weight is 356 g/mol. The summed E-state index contributed by atoms with van der Waals surface area (Å²) in [6.07, 6.45) is -2.44. The first-order valence-corrected chi connectivity index (χ1v) is 8.33. The van der Waals surface area contributed by atoms with Crippen LogP contribution in [0.3, 0.4) is 0 Å². The smallest absolute Gasteiger partial charge is 0.410 e. The number of amides is 1. The van der Waals surface area contributed by atoms with E-state index in [0.29, 0.717) is 6.42 Å². The third-order valence-corrected chi connectivity index (χ3v) is 4.08. The molecule has 25 heavy (non-hydrogen) atoms. The minimum atomic E-state index is -3.07. The second kappa shape index (κ2) is 7.25. The summed E-state index contributed by atoms with van der Waals surface area (Å²) in [4.78, 5) is 13.2. The fraction of sp³-hybridized carbons (Fsp3) is 0.611. The minimum absolute atomic E-state index is 0.326. The Bertz CT molecular complexity index is 590. The van der Waals surface area contributed by atoms with Gasteiger partial charge in [0.25, 0.3) is 5.92 Å². The van der Waals surface area contributed by atoms with Gasteiger partial charge < -0.3 is 15.6 Å². The first-order valence-electron chi connectivity index (χ1n) is 8.33. The lowest BCUT2D eigenvalue weighted by molar-refractivity contribution is -0.00584. The topological polar surface area (TPSA) is 75.8 Å². The van der Waals surface area contributed by atoms with E-state index in [9.17, 15) is 18.7 Å². The number of ether oxygens (including phenoxy) is 1. The van der Waals surface area contributed by atoms with Crippen molar-refractivity contribution in [3.8, 4) is 0 Å². The van der Waals surface area contributed by atoms with Gasteiger partial charge in [-0.1, -0.05) is 30.3 Å². The van der Waals surface area contributed by atoms with Gasteiger partial charge in [0.2, 0.25) is 0 Å². The van der Waals surface area contributed by atoms with E-state index < -0.39 is 48.8 Å². The van der Waals surface area contributed by atoms with Crippen molar-refractivity contribution in [1.82, 2.24) is 4.90 Å². The van der Waals surface area contributed by atoms with Crippen molar-refractivity contribution in [2.75, 3.05) is 6.54 Å². The van der Waals surface area contributed by atoms with E-state index in [1.165, 1.54) is 0 Å². The van der Waals surface area contributed by atoms with Crippen LogP contribution in [-0.2, 0) is 11.2 Å². The summed E-state index contributed by atoms with van der Waals surface area (Å²) in [5, 5.41) is 10.5. The Labute approximate surface area is 146 Å². The van der Waals surface area contributed by atoms with Gasteiger partial charge in [0.15, 0.2) is 0 Å². The van der Waals surface area contributed by atoms with Crippen molar-refractivity contribution in [3.05, 3.63) is 35.9 Å². The molecule has 1 aromatic carbocycles. The summed E-state index contributed by atoms with van der Waals surface area (Å²) in [6, 6.07) is 7.38. The zero-order chi connectivity index (χ0) is 18.8. The van der Waals surface area contributed by atoms with E-state index in [-0.39, 0.29) is 0 Å². The van der Waals surface area contributed by atoms with Gasteiger partial charge in [-0.05, 0) is 32.8 Å². The Hall–Kier alpha value is -1.73. The van der Waals surface area contributed by atoms with Crippen molar-refractivity contribution in [2.45, 2.75) is 63.3 Å². The molecule has 1 aliphatic heterocycles. The molecule has 1 fully saturated rings. The monoisotopic (exact) mass is 356 g/mol. The number of nitrogens with zero attached hydrogens (tertiary/aromatic N) is 1. The van der Waals surface area contributed by atoms with Crippen molar-refractivity contribution in [2.24, 2.45) is 5.73 Å². The van der Waals surface area contributed by atoms with E-state index in [0.717, 1.165) is 10.5 Å². The van der Waals surface area contributed by atoms with Gasteiger partial charge >= 0.3 is 6.09 Å². The number of alkyl halides is 2. The van der Waals surface area contributed by atoms with Gasteiger partial charge in [0.1, 0.15) is 5.60 Å². The number of aliphatic hydroxyl groups is 1. The van der Waals surface area contributed by atoms with Crippen LogP contribution in [0.25, 0.3) is 0 Å². The summed E-state index contributed by atoms with van der Waals surface area (Å²) in [6.45, 7) is 4.20. The van der Waals surface area contributed by atoms with Gasteiger partial charge in [0, 0.05) is 12.5 Å². The molecule has 1 unspecified atom stereocenters. The second-order valence-corrected chi connectivity index (χ2v) is 7.58. The molecule has 3 N–H and O–H groups in total. The van der Waals surface area contributed by atoms with E-state index in [1.807, 2.05) is 30.3 Å². The van der Waals surface area contributed by atoms with Crippen LogP contribution in [0.5, 0.6) is 0 Å². The van der Waals surface area contributed by atoms with Crippen LogP contribution in [0.1, 0.15) is 32.8 Å². The van der Waals surface area contributed by atoms with Gasteiger partial charge in [0.05, 0.1) is 18.7 Å². The largest absolute Gasteiger partial charge is 0.444 e. The Morgan fingerprint density at radius 2 is 2.00 bits per heavy atom. The quantitative estimate of drug-likeness (QED) is 0.869. The molecule has 5 nitrogen and oxygen atoms in total. The number of benzene rings is 1. The Morgan fingerprint density at radius 1 is 1.40 bits per heavy atom. The fourth-order valence-electron chi connectivity index (χ4n) is 2.97. The molecule has 2 rings (SSSR count). The Balaban J connectivity index is 2.11. The lowest BCUT2D eigenvalue weighted by atomic mass is 9.95. The molecule has 1 heterocycles. The standard InChI is InChI=1S/C18H26F2N2O3/c1-17(2,3)25-16(24)22-11-18(19,20)10-14(22)15(23)13(21)9-12-7-5-4-6-8-12/h4-8,13-15,23H,9-11,21H2,1-3H3/t13-,14?,15-/m0/s1. The lowest BCUT2D eigenvalue weighted by Crippen LogP contribution is -2.52. The summed E-state index contributed by atoms with van der Waals surface area (Å²) < 4.78 is 33.0. The predicted molar refractivity (Wildman–Crippen MR) is 90.4 cm³/mol. The highest BCUT2D eigenvalue weighted by atomic mass is 19.3. The minimum Gasteiger partial charge on any atom is -0.444 e. The number of rotatable bonds is 4. The highest BCUT2D eigenvalue weighted by molar-refractivity contribution is 5.69. The molecule has 1 amide bonds. The van der Waals surface area contributed by atoms with Gasteiger partial charge in [-0.25, -0.2) is 13.6 Å². The van der Waals surface area contributed by atoms with Crippen LogP contribution >= 0.6 is 0 Å². The summed E-state index contributed by atoms with van der Waals surface area (Å²) in [7, 11) is 0. The maximum atomic E-state index is 13.9. The Morgan fingerprint density at radius 3 is 2.56 bits per heavy atom. The lowest BCUT2D eigenvalue weighted by Gasteiger charge is -2.32. The summed E-state index contributed by atoms with van der Waals surface area (Å²) in [5.41, 5.74) is 6.12. The van der Waals surface area contributed by atoms with Gasteiger partial charge in [-0.3, -0.25) is 4.90 Å². The third-order valence-electron chi connectivity index (χ3n) is 4.08. The van der Waals surface area contributed by atoms with E-state index in [2.05, 4.69) is 0 Å². The van der Waals surface area contributed by atoms with Crippen LogP contribution in [0.2, 0.25) is 0 Å². The molecule has 0 saturated carbocycles. The van der Waals surface area contributed by atoms with Crippen molar-refractivity contribution >= 4 is 6.09 Å². The molecule has 0 aromatic heterocycles. The maximum Gasteiger partial charge on any atom is 0.410 e. The van der Waals surface area contributed by atoms with E-state index in [4.69, 9.17) is 10.5 Å². The highest BCUT2D eigenvalue weighted by Crippen LogP contribution is 2.35. The first kappa shape index (κ1) is 19.6. The summed E-state index contributed by atoms with van der Waals surface area (Å²) in [5.74, 6) is -3.07. The van der Waals surface area contributed by atoms with Crippen LogP contribution < -0.4 is 5.73 Å². The maximum absolute atomic E-state index is 13.9. The zero-order valence-electron chi connectivity index (χ0n) is 14.8. The molecule has 1 aromatic rings. The molecule has 0 aliphatic carbocycles. The number of aliphatic hydroxyl groups excluding tert-OH is 1. The number of halogens is 2. The van der Waals surface area contributed by atoms with Crippen molar-refractivity contribution < 1.29 is 23.4 Å². The van der Waals surface area contributed by atoms with Crippen LogP contribution in [0.15, 0.2) is 30.3 Å². The van der Waals surface area contributed by atoms with Gasteiger partial charge in [-0.15, -0.1) is 0 Å². The first-order chi connectivity index (χ1) is 11.5. The van der Waals surface area contributed by atoms with E-state index >= 15 is 0 Å². The second-order valence-electron chi connectivity index (χ2n) is 7.58. The number of nitrogens with two attached hydrogens (primary N) is 1. The molecule has 0 bridgehead atoms. The average Bonchev–Trinajstić information content (AvgIpc) is 2.82. The molecule has 3 atom stereocenters. The highest BCUT2D eigenvalue weighted by Gasteiger charge is 2.51. The van der Waals surface area contributed by atoms with E-state index in [1.54, 1.807) is 20.8 Å². The number of carbonyl (C=O) groups is 1. The van der Waals surface area contributed by atoms with Gasteiger partial charge in [-0.2, -0.15) is 0 Å². The van der Waals surface area contributed by atoms with Crippen molar-refractivity contribution in [3.63, 3.8) is 0 Å². The molecule has 0 spiro atoms. The zero-order valence-corrected chi connectivity index (χ0v) is 14.8. The number of likely N-dealkylation sites (tertiary alicyclic amines) is 1. The molecule has 7 heteroatoms. The fourth-order valence-corrected chi connectivity index (χ4v) is 2.97. The van der Waals surface area contributed by atoms with Crippen LogP contribution in [-0.4, -0.2) is 52.4 Å². The number of hydrogen-bond acceptors (Lipinski definition) is 4. The number of carbonyl (C=O) groups excluding carboxylic acids is 1. The van der Waals surface area contributed by atoms with Crippen LogP contribution in [0, 0.1) is 0 Å². The molecule has 1 aliphatic rings. The molecular weight excluding hydrogens is 330 g/mol. The number of hydrogen-bond donors (Lipinski definition) is 2. The molecular formula is C18H26F2N2O3. The SMILES string of the molecule is CC(C)(C)OC(=O)N1CC(F)(F)CC1[C@@H](O)[C@@H](N)Cc1ccccc1. The van der Waals surface area contributed by atoms with Crippen molar-refractivity contribution in [1.29, 1.82) is 0 Å². The molecule has 0 radical (unpaired) electrons. The third kappa shape index (κ3) is 5.37. The normalized spacial score (nSPS) is 22.5. The predicted octanol–water partition coefficient (Wildman–Crippen LogP) is 2.56. The van der Waals surface area contributed by atoms with Crippen LogP contribution in [0.4, 0.5) is 13.6 Å². The summed E-state index contributed by atoms with van der Waals surface area (Å²) >= 11 is 0. The Kier molecular flexibility index (Phi) is 5.68. The molecule has 1 saturated heterocycles. The molecule has 140 valence electrons.